The Hall–Kier alpha value is -1.56. The van der Waals surface area contributed by atoms with Gasteiger partial charge in [-0.25, -0.2) is 4.79 Å². The summed E-state index contributed by atoms with van der Waals surface area (Å²) in [6.45, 7) is 3.54. The Balaban J connectivity index is 1.30. The van der Waals surface area contributed by atoms with Crippen molar-refractivity contribution < 1.29 is 9.53 Å². The molecule has 24 heavy (non-hydrogen) atoms. The maximum absolute atomic E-state index is 12.1. The van der Waals surface area contributed by atoms with Crippen molar-refractivity contribution in [3.05, 3.63) is 18.0 Å². The van der Waals surface area contributed by atoms with Crippen LogP contribution in [0.5, 0.6) is 0 Å². The normalized spacial score (nSPS) is 24.2. The number of ether oxygens (including phenoxy) is 1. The van der Waals surface area contributed by atoms with Crippen LogP contribution in [0.2, 0.25) is 0 Å². The van der Waals surface area contributed by atoms with Gasteiger partial charge in [0.25, 0.3) is 0 Å². The molecule has 0 aromatic carbocycles. The molecular formula is C18H30N4O2. The van der Waals surface area contributed by atoms with E-state index in [1.165, 1.54) is 24.8 Å². The van der Waals surface area contributed by atoms with Gasteiger partial charge in [0, 0.05) is 37.9 Å². The smallest absolute Gasteiger partial charge is 0.315 e. The summed E-state index contributed by atoms with van der Waals surface area (Å²) in [6, 6.07) is 0.265. The Morgan fingerprint density at radius 3 is 2.92 bits per heavy atom. The number of amides is 2. The number of aryl methyl sites for hydroxylation is 2. The molecule has 3 rings (SSSR count). The molecule has 1 spiro atoms. The molecule has 2 saturated carbocycles. The first-order chi connectivity index (χ1) is 11.6. The average Bonchev–Trinajstić information content (AvgIpc) is 2.89. The molecule has 6 nitrogen and oxygen atoms in total. The molecule has 0 aliphatic heterocycles. The second-order valence-corrected chi connectivity index (χ2v) is 7.20. The van der Waals surface area contributed by atoms with Crippen LogP contribution in [0.3, 0.4) is 0 Å². The molecule has 1 aromatic rings. The molecule has 0 bridgehead atoms. The molecule has 2 aliphatic carbocycles. The molecule has 2 amide bonds. The lowest BCUT2D eigenvalue weighted by Crippen LogP contribution is -2.68. The van der Waals surface area contributed by atoms with Crippen molar-refractivity contribution in [1.29, 1.82) is 0 Å². The van der Waals surface area contributed by atoms with Gasteiger partial charge < -0.3 is 15.4 Å². The molecule has 2 fully saturated rings. The summed E-state index contributed by atoms with van der Waals surface area (Å²) in [5.41, 5.74) is 1.48. The fourth-order valence-corrected chi connectivity index (χ4v) is 4.11. The molecule has 0 radical (unpaired) electrons. The molecular weight excluding hydrogens is 304 g/mol. The van der Waals surface area contributed by atoms with E-state index in [1.54, 1.807) is 0 Å². The number of hydrogen-bond acceptors (Lipinski definition) is 3. The lowest BCUT2D eigenvalue weighted by Gasteiger charge is -2.60. The first-order valence-corrected chi connectivity index (χ1v) is 9.27. The van der Waals surface area contributed by atoms with Crippen molar-refractivity contribution in [2.75, 3.05) is 13.2 Å². The second kappa shape index (κ2) is 7.55. The summed E-state index contributed by atoms with van der Waals surface area (Å²) >= 11 is 0. The van der Waals surface area contributed by atoms with Gasteiger partial charge in [-0.2, -0.15) is 5.10 Å². The van der Waals surface area contributed by atoms with Crippen LogP contribution in [-0.2, 0) is 18.2 Å². The SMILES string of the molecule is CCO[C@H]1C[C@H](NC(=O)NCCCCc2cnn(C)c2)C12CCC2. The largest absolute Gasteiger partial charge is 0.378 e. The van der Waals surface area contributed by atoms with Gasteiger partial charge in [0.1, 0.15) is 0 Å². The Bertz CT molecular complexity index is 553. The number of carbonyl (C=O) groups excluding carboxylic acids is 1. The molecule has 2 aliphatic rings. The molecule has 1 heterocycles. The summed E-state index contributed by atoms with van der Waals surface area (Å²) in [5.74, 6) is 0. The van der Waals surface area contributed by atoms with E-state index in [9.17, 15) is 4.79 Å². The van der Waals surface area contributed by atoms with Crippen LogP contribution in [0.1, 0.15) is 51.0 Å². The van der Waals surface area contributed by atoms with Gasteiger partial charge >= 0.3 is 6.03 Å². The highest BCUT2D eigenvalue weighted by Gasteiger charge is 2.59. The Kier molecular flexibility index (Phi) is 5.43. The van der Waals surface area contributed by atoms with E-state index >= 15 is 0 Å². The van der Waals surface area contributed by atoms with Crippen molar-refractivity contribution in [3.63, 3.8) is 0 Å². The average molecular weight is 334 g/mol. The Morgan fingerprint density at radius 1 is 1.46 bits per heavy atom. The van der Waals surface area contributed by atoms with Gasteiger partial charge in [0.15, 0.2) is 0 Å². The third-order valence-corrected chi connectivity index (χ3v) is 5.68. The maximum Gasteiger partial charge on any atom is 0.315 e. The number of nitrogens with one attached hydrogen (secondary N) is 2. The first kappa shape index (κ1) is 17.3. The van der Waals surface area contributed by atoms with Gasteiger partial charge in [-0.15, -0.1) is 0 Å². The van der Waals surface area contributed by atoms with Crippen molar-refractivity contribution in [3.8, 4) is 0 Å². The minimum atomic E-state index is -0.0254. The monoisotopic (exact) mass is 334 g/mol. The Morgan fingerprint density at radius 2 is 2.29 bits per heavy atom. The lowest BCUT2D eigenvalue weighted by atomic mass is 9.51. The van der Waals surface area contributed by atoms with Gasteiger partial charge in [0.05, 0.1) is 12.3 Å². The van der Waals surface area contributed by atoms with Crippen LogP contribution in [0, 0.1) is 5.41 Å². The van der Waals surface area contributed by atoms with Crippen LogP contribution in [0.25, 0.3) is 0 Å². The first-order valence-electron chi connectivity index (χ1n) is 9.27. The van der Waals surface area contributed by atoms with E-state index in [2.05, 4.69) is 15.7 Å². The predicted molar refractivity (Wildman–Crippen MR) is 92.8 cm³/mol. The molecule has 134 valence electrons. The molecule has 0 saturated heterocycles. The lowest BCUT2D eigenvalue weighted by molar-refractivity contribution is -0.169. The third-order valence-electron chi connectivity index (χ3n) is 5.68. The van der Waals surface area contributed by atoms with Crippen molar-refractivity contribution >= 4 is 6.03 Å². The Labute approximate surface area is 144 Å². The van der Waals surface area contributed by atoms with Crippen LogP contribution in [0.4, 0.5) is 4.79 Å². The summed E-state index contributed by atoms with van der Waals surface area (Å²) in [4.78, 5) is 12.1. The van der Waals surface area contributed by atoms with E-state index in [-0.39, 0.29) is 17.5 Å². The van der Waals surface area contributed by atoms with E-state index in [0.29, 0.717) is 6.10 Å². The van der Waals surface area contributed by atoms with Gasteiger partial charge in [-0.3, -0.25) is 4.68 Å². The minimum absolute atomic E-state index is 0.0254. The zero-order valence-electron chi connectivity index (χ0n) is 14.9. The molecule has 2 atom stereocenters. The van der Waals surface area contributed by atoms with E-state index < -0.39 is 0 Å². The third kappa shape index (κ3) is 3.58. The number of hydrogen-bond donors (Lipinski definition) is 2. The van der Waals surface area contributed by atoms with Crippen molar-refractivity contribution in [1.82, 2.24) is 20.4 Å². The van der Waals surface area contributed by atoms with Crippen molar-refractivity contribution in [2.24, 2.45) is 12.5 Å². The fraction of sp³-hybridized carbons (Fsp3) is 0.778. The summed E-state index contributed by atoms with van der Waals surface area (Å²) in [5, 5.41) is 10.3. The molecule has 2 N–H and O–H groups in total. The van der Waals surface area contributed by atoms with Crippen molar-refractivity contribution in [2.45, 2.75) is 64.0 Å². The molecule has 6 heteroatoms. The fourth-order valence-electron chi connectivity index (χ4n) is 4.11. The highest BCUT2D eigenvalue weighted by molar-refractivity contribution is 5.74. The van der Waals surface area contributed by atoms with E-state index in [1.807, 2.05) is 31.0 Å². The highest BCUT2D eigenvalue weighted by Crippen LogP contribution is 2.57. The quantitative estimate of drug-likeness (QED) is 0.717. The van der Waals surface area contributed by atoms with Crippen LogP contribution in [0.15, 0.2) is 12.4 Å². The van der Waals surface area contributed by atoms with E-state index in [0.717, 1.165) is 38.8 Å². The topological polar surface area (TPSA) is 68.2 Å². The van der Waals surface area contributed by atoms with Crippen LogP contribution in [-0.4, -0.2) is 41.1 Å². The number of unbranched alkanes of at least 4 members (excludes halogenated alkanes) is 1. The van der Waals surface area contributed by atoms with Crippen LogP contribution >= 0.6 is 0 Å². The van der Waals surface area contributed by atoms with Crippen LogP contribution < -0.4 is 10.6 Å². The molecule has 0 unspecified atom stereocenters. The number of rotatable bonds is 8. The second-order valence-electron chi connectivity index (χ2n) is 7.20. The number of aromatic nitrogens is 2. The highest BCUT2D eigenvalue weighted by atomic mass is 16.5. The summed E-state index contributed by atoms with van der Waals surface area (Å²) in [7, 11) is 1.93. The zero-order valence-corrected chi connectivity index (χ0v) is 14.9. The van der Waals surface area contributed by atoms with E-state index in [4.69, 9.17) is 4.74 Å². The van der Waals surface area contributed by atoms with Gasteiger partial charge in [0.2, 0.25) is 0 Å². The summed E-state index contributed by atoms with van der Waals surface area (Å²) < 4.78 is 7.65. The zero-order chi connectivity index (χ0) is 17.0. The maximum atomic E-state index is 12.1. The number of nitrogens with zero attached hydrogens (tertiary/aromatic N) is 2. The standard InChI is InChI=1S/C18H30N4O2/c1-3-24-16-11-15(18(16)8-6-9-18)21-17(23)19-10-5-4-7-14-12-20-22(2)13-14/h12-13,15-16H,3-11H2,1-2H3,(H2,19,21,23)/t15-,16-/m0/s1. The summed E-state index contributed by atoms with van der Waals surface area (Å²) in [6.07, 6.45) is 12.0. The number of carbonyl (C=O) groups is 1. The van der Waals surface area contributed by atoms with Gasteiger partial charge in [-0.1, -0.05) is 6.42 Å². The van der Waals surface area contributed by atoms with Gasteiger partial charge in [-0.05, 0) is 51.0 Å². The number of urea groups is 1. The predicted octanol–water partition coefficient (Wildman–Crippen LogP) is 2.39. The minimum Gasteiger partial charge on any atom is -0.378 e. The molecule has 1 aromatic heterocycles.